The SMILES string of the molecule is O=C(O)CCC/C=C\[C@@H]1C[C@@H](NS(=O)(=O)c2ccc(Cl)cc2)CN1Cc1ccncc1. The minimum Gasteiger partial charge on any atom is -0.481 e. The summed E-state index contributed by atoms with van der Waals surface area (Å²) in [5.41, 5.74) is 1.10. The van der Waals surface area contributed by atoms with Crippen LogP contribution in [-0.2, 0) is 21.4 Å². The summed E-state index contributed by atoms with van der Waals surface area (Å²) in [6.07, 6.45) is 9.55. The van der Waals surface area contributed by atoms with Gasteiger partial charge in [-0.05, 0) is 61.2 Å². The fourth-order valence-corrected chi connectivity index (χ4v) is 5.02. The zero-order chi connectivity index (χ0) is 22.3. The number of sulfonamides is 1. The first kappa shape index (κ1) is 23.4. The predicted octanol–water partition coefficient (Wildman–Crippen LogP) is 3.47. The number of nitrogens with zero attached hydrogens (tertiary/aromatic N) is 2. The number of nitrogens with one attached hydrogen (secondary N) is 1. The summed E-state index contributed by atoms with van der Waals surface area (Å²) < 4.78 is 28.4. The molecule has 166 valence electrons. The van der Waals surface area contributed by atoms with Crippen LogP contribution in [0.25, 0.3) is 0 Å². The Morgan fingerprint density at radius 3 is 2.61 bits per heavy atom. The molecule has 0 bridgehead atoms. The number of hydrogen-bond acceptors (Lipinski definition) is 5. The standard InChI is InChI=1S/C22H26ClN3O4S/c23-18-6-8-21(9-7-18)31(29,30)25-19-14-20(4-2-1-3-5-22(27)28)26(16-19)15-17-10-12-24-13-11-17/h2,4,6-13,19-20,25H,1,3,5,14-16H2,(H,27,28)/b4-2-/t19-,20-/m1/s1. The third kappa shape index (κ3) is 7.14. The van der Waals surface area contributed by atoms with E-state index < -0.39 is 16.0 Å². The van der Waals surface area contributed by atoms with Gasteiger partial charge in [0.05, 0.1) is 4.90 Å². The number of likely N-dealkylation sites (tertiary alicyclic amines) is 1. The van der Waals surface area contributed by atoms with Crippen LogP contribution < -0.4 is 4.72 Å². The highest BCUT2D eigenvalue weighted by Gasteiger charge is 2.33. The molecule has 2 atom stereocenters. The molecule has 1 aliphatic heterocycles. The number of halogens is 1. The van der Waals surface area contributed by atoms with Gasteiger partial charge in [0.1, 0.15) is 0 Å². The van der Waals surface area contributed by atoms with Crippen molar-refractivity contribution in [2.24, 2.45) is 0 Å². The van der Waals surface area contributed by atoms with Gasteiger partial charge < -0.3 is 5.11 Å². The lowest BCUT2D eigenvalue weighted by atomic mass is 10.1. The van der Waals surface area contributed by atoms with Crippen LogP contribution >= 0.6 is 11.6 Å². The Morgan fingerprint density at radius 1 is 1.23 bits per heavy atom. The van der Waals surface area contributed by atoms with Gasteiger partial charge in [0.15, 0.2) is 0 Å². The Bertz CT molecular complexity index is 997. The molecular formula is C22H26ClN3O4S. The average molecular weight is 464 g/mol. The smallest absolute Gasteiger partial charge is 0.303 e. The van der Waals surface area contributed by atoms with Crippen molar-refractivity contribution in [3.8, 4) is 0 Å². The molecular weight excluding hydrogens is 438 g/mol. The van der Waals surface area contributed by atoms with Crippen LogP contribution in [0.3, 0.4) is 0 Å². The lowest BCUT2D eigenvalue weighted by Crippen LogP contribution is -2.37. The number of carboxylic acids is 1. The highest BCUT2D eigenvalue weighted by atomic mass is 35.5. The molecule has 1 aliphatic rings. The van der Waals surface area contributed by atoms with E-state index in [1.165, 1.54) is 12.1 Å². The Kier molecular flexibility index (Phi) is 8.20. The second-order valence-electron chi connectivity index (χ2n) is 7.57. The second kappa shape index (κ2) is 10.9. The largest absolute Gasteiger partial charge is 0.481 e. The quantitative estimate of drug-likeness (QED) is 0.413. The maximum atomic E-state index is 12.8. The van der Waals surface area contributed by atoms with Crippen LogP contribution in [0, 0.1) is 0 Å². The van der Waals surface area contributed by atoms with Crippen molar-refractivity contribution < 1.29 is 18.3 Å². The zero-order valence-corrected chi connectivity index (χ0v) is 18.6. The monoisotopic (exact) mass is 463 g/mol. The number of carbonyl (C=O) groups is 1. The molecule has 0 amide bonds. The van der Waals surface area contributed by atoms with Gasteiger partial charge in [0.2, 0.25) is 10.0 Å². The Hall–Kier alpha value is -2.26. The molecule has 3 rings (SSSR count). The Morgan fingerprint density at radius 2 is 1.94 bits per heavy atom. The van der Waals surface area contributed by atoms with Crippen LogP contribution in [0.1, 0.15) is 31.2 Å². The van der Waals surface area contributed by atoms with Crippen LogP contribution in [-0.4, -0.2) is 48.0 Å². The average Bonchev–Trinajstić information content (AvgIpc) is 3.08. The summed E-state index contributed by atoms with van der Waals surface area (Å²) in [7, 11) is -3.65. The van der Waals surface area contributed by atoms with Gasteiger partial charge in [-0.25, -0.2) is 13.1 Å². The molecule has 2 aromatic rings. The van der Waals surface area contributed by atoms with Gasteiger partial charge in [0.25, 0.3) is 0 Å². The number of aromatic nitrogens is 1. The van der Waals surface area contributed by atoms with E-state index in [1.807, 2.05) is 18.2 Å². The van der Waals surface area contributed by atoms with Gasteiger partial charge in [-0.2, -0.15) is 0 Å². The highest BCUT2D eigenvalue weighted by Crippen LogP contribution is 2.24. The van der Waals surface area contributed by atoms with Crippen LogP contribution in [0.15, 0.2) is 65.8 Å². The number of pyridine rings is 1. The van der Waals surface area contributed by atoms with Crippen LogP contribution in [0.4, 0.5) is 0 Å². The summed E-state index contributed by atoms with van der Waals surface area (Å²) in [5, 5.41) is 9.26. The number of benzene rings is 1. The number of rotatable bonds is 10. The number of allylic oxidation sites excluding steroid dienone is 1. The third-order valence-corrected chi connectivity index (χ3v) is 6.94. The molecule has 0 aliphatic carbocycles. The molecule has 0 spiro atoms. The van der Waals surface area contributed by atoms with E-state index >= 15 is 0 Å². The second-order valence-corrected chi connectivity index (χ2v) is 9.72. The van der Waals surface area contributed by atoms with Crippen molar-refractivity contribution in [2.75, 3.05) is 6.54 Å². The van der Waals surface area contributed by atoms with E-state index in [0.717, 1.165) is 5.56 Å². The number of aliphatic carboxylic acids is 1. The highest BCUT2D eigenvalue weighted by molar-refractivity contribution is 7.89. The lowest BCUT2D eigenvalue weighted by Gasteiger charge is -2.21. The van der Waals surface area contributed by atoms with Crippen molar-refractivity contribution in [3.63, 3.8) is 0 Å². The topological polar surface area (TPSA) is 99.6 Å². The van der Waals surface area contributed by atoms with Crippen molar-refractivity contribution in [1.82, 2.24) is 14.6 Å². The summed E-state index contributed by atoms with van der Waals surface area (Å²) in [6.45, 7) is 1.24. The molecule has 1 fully saturated rings. The molecule has 9 heteroatoms. The molecule has 2 N–H and O–H groups in total. The van der Waals surface area contributed by atoms with Gasteiger partial charge in [-0.1, -0.05) is 23.8 Å². The van der Waals surface area contributed by atoms with E-state index in [2.05, 4.69) is 20.7 Å². The number of unbranched alkanes of at least 4 members (excludes halogenated alkanes) is 1. The van der Waals surface area contributed by atoms with E-state index in [-0.39, 0.29) is 23.4 Å². The van der Waals surface area contributed by atoms with Gasteiger partial charge in [0, 0.05) is 49.0 Å². The molecule has 31 heavy (non-hydrogen) atoms. The minimum absolute atomic E-state index is 0.0518. The van der Waals surface area contributed by atoms with Crippen molar-refractivity contribution in [1.29, 1.82) is 0 Å². The van der Waals surface area contributed by atoms with Crippen LogP contribution in [0.5, 0.6) is 0 Å². The molecule has 1 saturated heterocycles. The van der Waals surface area contributed by atoms with Gasteiger partial charge in [-0.15, -0.1) is 0 Å². The van der Waals surface area contributed by atoms with Crippen molar-refractivity contribution in [2.45, 2.75) is 49.2 Å². The minimum atomic E-state index is -3.65. The molecule has 0 unspecified atom stereocenters. The van der Waals surface area contributed by atoms with E-state index in [9.17, 15) is 13.2 Å². The van der Waals surface area contributed by atoms with Crippen molar-refractivity contribution >= 4 is 27.6 Å². The summed E-state index contributed by atoms with van der Waals surface area (Å²) in [6, 6.07) is 9.80. The molecule has 7 nitrogen and oxygen atoms in total. The van der Waals surface area contributed by atoms with Crippen molar-refractivity contribution in [3.05, 3.63) is 71.5 Å². The van der Waals surface area contributed by atoms with E-state index in [0.29, 0.717) is 37.4 Å². The molecule has 0 saturated carbocycles. The number of carboxylic acid groups (broad SMARTS) is 1. The Labute approximate surface area is 187 Å². The molecule has 0 radical (unpaired) electrons. The summed E-state index contributed by atoms with van der Waals surface area (Å²) in [5.74, 6) is -0.801. The third-order valence-electron chi connectivity index (χ3n) is 5.15. The fraction of sp³-hybridized carbons (Fsp3) is 0.364. The normalized spacial score (nSPS) is 19.8. The fourth-order valence-electron chi connectivity index (χ4n) is 3.65. The first-order chi connectivity index (χ1) is 14.8. The zero-order valence-electron chi connectivity index (χ0n) is 17.0. The van der Waals surface area contributed by atoms with Gasteiger partial charge in [-0.3, -0.25) is 14.7 Å². The maximum Gasteiger partial charge on any atom is 0.303 e. The Balaban J connectivity index is 1.68. The molecule has 2 heterocycles. The summed E-state index contributed by atoms with van der Waals surface area (Å²) >= 11 is 5.87. The molecule has 1 aromatic heterocycles. The van der Waals surface area contributed by atoms with Crippen LogP contribution in [0.2, 0.25) is 5.02 Å². The maximum absolute atomic E-state index is 12.8. The van der Waals surface area contributed by atoms with E-state index in [4.69, 9.17) is 16.7 Å². The summed E-state index contributed by atoms with van der Waals surface area (Å²) in [4.78, 5) is 17.1. The number of hydrogen-bond donors (Lipinski definition) is 2. The predicted molar refractivity (Wildman–Crippen MR) is 119 cm³/mol. The van der Waals surface area contributed by atoms with Gasteiger partial charge >= 0.3 is 5.97 Å². The first-order valence-electron chi connectivity index (χ1n) is 10.1. The van der Waals surface area contributed by atoms with E-state index in [1.54, 1.807) is 24.5 Å². The molecule has 1 aromatic carbocycles. The lowest BCUT2D eigenvalue weighted by molar-refractivity contribution is -0.137. The first-order valence-corrected chi connectivity index (χ1v) is 12.0.